The standard InChI is InChI=1S/C27H39N3O/c1-3-5-6-7-8-9-10-11-12-13-15-22-17-18-23(29-22)20-26-27(31-4-2)21-25(30-26)24-16-14-19-28-24/h14,16-21,28,30H,3-13,15H2,1-2H3. The Hall–Kier alpha value is -2.49. The van der Waals surface area contributed by atoms with Crippen molar-refractivity contribution < 1.29 is 4.74 Å². The SMILES string of the molecule is CCCCCCCCCCCCC1=NC(=Cc2[nH]c(-c3ccc[nH]3)cc2OCC)C=C1. The van der Waals surface area contributed by atoms with E-state index in [9.17, 15) is 0 Å². The van der Waals surface area contributed by atoms with Crippen LogP contribution in [0, 0.1) is 0 Å². The van der Waals surface area contributed by atoms with Crippen LogP contribution in [0.1, 0.15) is 90.2 Å². The summed E-state index contributed by atoms with van der Waals surface area (Å²) >= 11 is 0. The summed E-state index contributed by atoms with van der Waals surface area (Å²) in [6, 6.07) is 6.10. The van der Waals surface area contributed by atoms with Gasteiger partial charge in [0.15, 0.2) is 0 Å². The molecule has 3 heterocycles. The largest absolute Gasteiger partial charge is 0.492 e. The molecule has 0 atom stereocenters. The molecule has 2 aromatic rings. The molecule has 2 N–H and O–H groups in total. The lowest BCUT2D eigenvalue weighted by Crippen LogP contribution is -1.92. The highest BCUT2D eigenvalue weighted by atomic mass is 16.5. The number of unbranched alkanes of at least 4 members (excludes halogenated alkanes) is 9. The van der Waals surface area contributed by atoms with Gasteiger partial charge in [-0.05, 0) is 50.1 Å². The molecular weight excluding hydrogens is 382 g/mol. The van der Waals surface area contributed by atoms with E-state index in [1.165, 1.54) is 69.9 Å². The third-order valence-electron chi connectivity index (χ3n) is 5.80. The topological polar surface area (TPSA) is 53.2 Å². The summed E-state index contributed by atoms with van der Waals surface area (Å²) in [5, 5.41) is 0. The molecule has 0 aromatic carbocycles. The van der Waals surface area contributed by atoms with Crippen LogP contribution in [0.2, 0.25) is 0 Å². The van der Waals surface area contributed by atoms with E-state index in [1.807, 2.05) is 19.2 Å². The number of hydrogen-bond acceptors (Lipinski definition) is 2. The van der Waals surface area contributed by atoms with Gasteiger partial charge in [0.2, 0.25) is 0 Å². The normalized spacial score (nSPS) is 14.5. The molecule has 1 aliphatic rings. The summed E-state index contributed by atoms with van der Waals surface area (Å²) < 4.78 is 5.83. The number of allylic oxidation sites excluding steroid dienone is 2. The molecule has 0 aliphatic carbocycles. The molecule has 0 saturated carbocycles. The molecule has 0 radical (unpaired) electrons. The van der Waals surface area contributed by atoms with Crippen LogP contribution in [0.15, 0.2) is 47.2 Å². The zero-order valence-corrected chi connectivity index (χ0v) is 19.4. The fourth-order valence-corrected chi connectivity index (χ4v) is 4.06. The van der Waals surface area contributed by atoms with Crippen molar-refractivity contribution in [3.05, 3.63) is 47.9 Å². The minimum absolute atomic E-state index is 0.640. The van der Waals surface area contributed by atoms with Gasteiger partial charge in [-0.1, -0.05) is 64.7 Å². The van der Waals surface area contributed by atoms with Crippen molar-refractivity contribution in [2.24, 2.45) is 4.99 Å². The fourth-order valence-electron chi connectivity index (χ4n) is 4.06. The molecule has 1 aliphatic heterocycles. The van der Waals surface area contributed by atoms with Gasteiger partial charge in [0.1, 0.15) is 5.75 Å². The average molecular weight is 422 g/mol. The molecular formula is C27H39N3O. The highest BCUT2D eigenvalue weighted by molar-refractivity contribution is 5.99. The first kappa shape index (κ1) is 23.2. The second-order valence-electron chi connectivity index (χ2n) is 8.42. The van der Waals surface area contributed by atoms with E-state index >= 15 is 0 Å². The lowest BCUT2D eigenvalue weighted by atomic mass is 10.0. The zero-order chi connectivity index (χ0) is 21.7. The maximum atomic E-state index is 5.83. The summed E-state index contributed by atoms with van der Waals surface area (Å²) in [5.74, 6) is 0.867. The Bertz CT molecular complexity index is 855. The van der Waals surface area contributed by atoms with Crippen LogP contribution in [0.4, 0.5) is 0 Å². The van der Waals surface area contributed by atoms with E-state index in [0.29, 0.717) is 6.61 Å². The molecule has 0 unspecified atom stereocenters. The van der Waals surface area contributed by atoms with E-state index in [1.54, 1.807) is 0 Å². The molecule has 0 bridgehead atoms. The van der Waals surface area contributed by atoms with Crippen LogP contribution in [0.3, 0.4) is 0 Å². The van der Waals surface area contributed by atoms with E-state index < -0.39 is 0 Å². The van der Waals surface area contributed by atoms with E-state index in [4.69, 9.17) is 9.73 Å². The number of hydrogen-bond donors (Lipinski definition) is 2. The van der Waals surface area contributed by atoms with Crippen molar-refractivity contribution >= 4 is 11.8 Å². The number of H-pyrrole nitrogens is 2. The molecule has 3 rings (SSSR count). The summed E-state index contributed by atoms with van der Waals surface area (Å²) in [5.41, 5.74) is 5.23. The molecule has 4 heteroatoms. The van der Waals surface area contributed by atoms with Crippen LogP contribution in [-0.2, 0) is 0 Å². The first-order chi connectivity index (χ1) is 15.3. The molecule has 168 valence electrons. The van der Waals surface area contributed by atoms with Gasteiger partial charge in [-0.3, -0.25) is 4.99 Å². The van der Waals surface area contributed by atoms with Crippen molar-refractivity contribution in [2.45, 2.75) is 84.5 Å². The third-order valence-corrected chi connectivity index (χ3v) is 5.80. The number of aliphatic imine (C=N–C) groups is 1. The predicted molar refractivity (Wildman–Crippen MR) is 133 cm³/mol. The van der Waals surface area contributed by atoms with Gasteiger partial charge >= 0.3 is 0 Å². The average Bonchev–Trinajstić information content (AvgIpc) is 3.52. The second-order valence-corrected chi connectivity index (χ2v) is 8.42. The van der Waals surface area contributed by atoms with Crippen molar-refractivity contribution in [1.82, 2.24) is 9.97 Å². The van der Waals surface area contributed by atoms with Gasteiger partial charge in [0, 0.05) is 18.0 Å². The van der Waals surface area contributed by atoms with Crippen LogP contribution in [0.25, 0.3) is 17.5 Å². The van der Waals surface area contributed by atoms with E-state index in [-0.39, 0.29) is 0 Å². The van der Waals surface area contributed by atoms with Crippen LogP contribution >= 0.6 is 0 Å². The number of ether oxygens (including phenoxy) is 1. The van der Waals surface area contributed by atoms with Gasteiger partial charge in [-0.2, -0.15) is 0 Å². The second kappa shape index (κ2) is 13.0. The van der Waals surface area contributed by atoms with E-state index in [0.717, 1.165) is 34.9 Å². The van der Waals surface area contributed by atoms with Crippen LogP contribution < -0.4 is 4.74 Å². The van der Waals surface area contributed by atoms with Gasteiger partial charge in [-0.15, -0.1) is 0 Å². The maximum Gasteiger partial charge on any atom is 0.144 e. The highest BCUT2D eigenvalue weighted by Crippen LogP contribution is 2.29. The first-order valence-electron chi connectivity index (χ1n) is 12.3. The van der Waals surface area contributed by atoms with Gasteiger partial charge < -0.3 is 14.7 Å². The Labute approximate surface area is 187 Å². The molecule has 0 spiro atoms. The molecule has 0 saturated heterocycles. The smallest absolute Gasteiger partial charge is 0.144 e. The number of nitrogens with zero attached hydrogens (tertiary/aromatic N) is 1. The molecule has 0 fully saturated rings. The number of aromatic amines is 2. The molecule has 31 heavy (non-hydrogen) atoms. The predicted octanol–water partition coefficient (Wildman–Crippen LogP) is 8.07. The first-order valence-corrected chi connectivity index (χ1v) is 12.3. The molecule has 4 nitrogen and oxygen atoms in total. The maximum absolute atomic E-state index is 5.83. The van der Waals surface area contributed by atoms with Gasteiger partial charge in [-0.25, -0.2) is 0 Å². The van der Waals surface area contributed by atoms with E-state index in [2.05, 4.69) is 47.3 Å². The number of aromatic nitrogens is 2. The number of rotatable bonds is 15. The van der Waals surface area contributed by atoms with Crippen LogP contribution in [-0.4, -0.2) is 22.3 Å². The number of nitrogens with one attached hydrogen (secondary N) is 2. The van der Waals surface area contributed by atoms with Crippen molar-refractivity contribution in [2.75, 3.05) is 6.61 Å². The summed E-state index contributed by atoms with van der Waals surface area (Å²) in [4.78, 5) is 11.5. The highest BCUT2D eigenvalue weighted by Gasteiger charge is 2.12. The molecule has 2 aromatic heterocycles. The Morgan fingerprint density at radius 2 is 1.65 bits per heavy atom. The fraction of sp³-hybridized carbons (Fsp3) is 0.519. The van der Waals surface area contributed by atoms with Gasteiger partial charge in [0.25, 0.3) is 0 Å². The zero-order valence-electron chi connectivity index (χ0n) is 19.4. The monoisotopic (exact) mass is 421 g/mol. The quantitative estimate of drug-likeness (QED) is 0.281. The Morgan fingerprint density at radius 3 is 2.32 bits per heavy atom. The van der Waals surface area contributed by atoms with Crippen molar-refractivity contribution in [3.8, 4) is 17.1 Å². The van der Waals surface area contributed by atoms with Crippen molar-refractivity contribution in [1.29, 1.82) is 0 Å². The summed E-state index contributed by atoms with van der Waals surface area (Å²) in [7, 11) is 0. The minimum Gasteiger partial charge on any atom is -0.492 e. The minimum atomic E-state index is 0.640. The lowest BCUT2D eigenvalue weighted by Gasteiger charge is -2.02. The lowest BCUT2D eigenvalue weighted by molar-refractivity contribution is 0.340. The van der Waals surface area contributed by atoms with Crippen molar-refractivity contribution in [3.63, 3.8) is 0 Å². The Kier molecular flexibility index (Phi) is 9.75. The molecule has 0 amide bonds. The summed E-state index contributed by atoms with van der Waals surface area (Å²) in [6.45, 7) is 4.93. The third kappa shape index (κ3) is 7.61. The van der Waals surface area contributed by atoms with Crippen LogP contribution in [0.5, 0.6) is 5.75 Å². The Balaban J connectivity index is 1.43. The van der Waals surface area contributed by atoms with Gasteiger partial charge in [0.05, 0.1) is 29.4 Å². The summed E-state index contributed by atoms with van der Waals surface area (Å²) in [6.07, 6.45) is 23.0. The Morgan fingerprint density at radius 1 is 0.903 bits per heavy atom.